The Morgan fingerprint density at radius 1 is 1.08 bits per heavy atom. The SMILES string of the molecule is Cc1cc(S(=O)(=O)Nc2ccccc2OC(F)(F)F)c(C)cc1Cl. The summed E-state index contributed by atoms with van der Waals surface area (Å²) in [7, 11) is -4.12. The van der Waals surface area contributed by atoms with Crippen LogP contribution in [0, 0.1) is 13.8 Å². The maximum atomic E-state index is 12.5. The maximum absolute atomic E-state index is 12.5. The third kappa shape index (κ3) is 4.33. The van der Waals surface area contributed by atoms with Crippen LogP contribution in [0.2, 0.25) is 5.02 Å². The van der Waals surface area contributed by atoms with E-state index in [0.717, 1.165) is 6.07 Å². The number of hydrogen-bond donors (Lipinski definition) is 1. The minimum atomic E-state index is -4.94. The van der Waals surface area contributed by atoms with Crippen molar-refractivity contribution in [1.82, 2.24) is 0 Å². The number of nitrogens with one attached hydrogen (secondary N) is 1. The van der Waals surface area contributed by atoms with E-state index in [0.29, 0.717) is 16.1 Å². The largest absolute Gasteiger partial charge is 0.573 e. The lowest BCUT2D eigenvalue weighted by Crippen LogP contribution is -2.20. The van der Waals surface area contributed by atoms with Crippen LogP contribution in [0.3, 0.4) is 0 Å². The van der Waals surface area contributed by atoms with Crippen molar-refractivity contribution >= 4 is 27.3 Å². The van der Waals surface area contributed by atoms with Gasteiger partial charge in [-0.1, -0.05) is 23.7 Å². The molecule has 24 heavy (non-hydrogen) atoms. The van der Waals surface area contributed by atoms with Gasteiger partial charge in [0.1, 0.15) is 0 Å². The number of sulfonamides is 1. The Labute approximate surface area is 142 Å². The van der Waals surface area contributed by atoms with Crippen LogP contribution in [0.5, 0.6) is 5.75 Å². The van der Waals surface area contributed by atoms with Gasteiger partial charge in [-0.2, -0.15) is 0 Å². The molecule has 130 valence electrons. The molecule has 0 aliphatic carbocycles. The average molecular weight is 380 g/mol. The van der Waals surface area contributed by atoms with Gasteiger partial charge in [0.15, 0.2) is 5.75 Å². The van der Waals surface area contributed by atoms with Gasteiger partial charge in [-0.05, 0) is 49.2 Å². The lowest BCUT2D eigenvalue weighted by molar-refractivity contribution is -0.274. The van der Waals surface area contributed by atoms with Crippen LogP contribution in [0.4, 0.5) is 18.9 Å². The first kappa shape index (κ1) is 18.4. The molecule has 0 saturated carbocycles. The molecule has 9 heteroatoms. The summed E-state index contributed by atoms with van der Waals surface area (Å²) in [6.45, 7) is 3.17. The van der Waals surface area contributed by atoms with E-state index < -0.39 is 22.1 Å². The fourth-order valence-electron chi connectivity index (χ4n) is 2.01. The Hall–Kier alpha value is -1.93. The van der Waals surface area contributed by atoms with E-state index in [9.17, 15) is 21.6 Å². The average Bonchev–Trinajstić information content (AvgIpc) is 2.43. The molecule has 0 amide bonds. The van der Waals surface area contributed by atoms with E-state index in [1.807, 2.05) is 0 Å². The highest BCUT2D eigenvalue weighted by Gasteiger charge is 2.32. The molecule has 1 N–H and O–H groups in total. The number of para-hydroxylation sites is 2. The zero-order valence-electron chi connectivity index (χ0n) is 12.6. The number of alkyl halides is 3. The van der Waals surface area contributed by atoms with Gasteiger partial charge in [-0.15, -0.1) is 13.2 Å². The van der Waals surface area contributed by atoms with Crippen LogP contribution in [-0.2, 0) is 10.0 Å². The molecule has 0 fully saturated rings. The number of aryl methyl sites for hydroxylation is 2. The second kappa shape index (κ2) is 6.52. The van der Waals surface area contributed by atoms with Gasteiger partial charge in [0.05, 0.1) is 10.6 Å². The first-order chi connectivity index (χ1) is 11.0. The molecule has 0 atom stereocenters. The number of halogens is 4. The monoisotopic (exact) mass is 379 g/mol. The quantitative estimate of drug-likeness (QED) is 0.840. The Bertz CT molecular complexity index is 867. The molecule has 0 spiro atoms. The van der Waals surface area contributed by atoms with Crippen LogP contribution in [0.15, 0.2) is 41.3 Å². The first-order valence-corrected chi connectivity index (χ1v) is 8.50. The molecular weight excluding hydrogens is 367 g/mol. The van der Waals surface area contributed by atoms with Crippen molar-refractivity contribution in [2.45, 2.75) is 25.1 Å². The number of ether oxygens (including phenoxy) is 1. The Morgan fingerprint density at radius 2 is 1.71 bits per heavy atom. The zero-order valence-corrected chi connectivity index (χ0v) is 14.2. The molecule has 0 heterocycles. The second-order valence-electron chi connectivity index (χ2n) is 5.02. The van der Waals surface area contributed by atoms with Gasteiger partial charge in [-0.25, -0.2) is 8.42 Å². The Kier molecular flexibility index (Phi) is 5.00. The van der Waals surface area contributed by atoms with E-state index in [1.165, 1.54) is 37.3 Å². The molecule has 0 aromatic heterocycles. The van der Waals surface area contributed by atoms with Crippen molar-refractivity contribution in [3.05, 3.63) is 52.5 Å². The lowest BCUT2D eigenvalue weighted by atomic mass is 10.2. The lowest BCUT2D eigenvalue weighted by Gasteiger charge is -2.16. The Balaban J connectivity index is 2.43. The van der Waals surface area contributed by atoms with E-state index in [2.05, 4.69) is 9.46 Å². The maximum Gasteiger partial charge on any atom is 0.573 e. The van der Waals surface area contributed by atoms with Crippen molar-refractivity contribution in [3.8, 4) is 5.75 Å². The molecule has 2 rings (SSSR count). The number of benzene rings is 2. The smallest absolute Gasteiger partial charge is 0.404 e. The molecule has 2 aromatic rings. The van der Waals surface area contributed by atoms with E-state index in [4.69, 9.17) is 11.6 Å². The van der Waals surface area contributed by atoms with Crippen molar-refractivity contribution in [1.29, 1.82) is 0 Å². The molecular formula is C15H13ClF3NO3S. The van der Waals surface area contributed by atoms with Gasteiger partial charge in [0.2, 0.25) is 0 Å². The predicted molar refractivity (Wildman–Crippen MR) is 84.9 cm³/mol. The van der Waals surface area contributed by atoms with Crippen LogP contribution in [-0.4, -0.2) is 14.8 Å². The Morgan fingerprint density at radius 3 is 2.33 bits per heavy atom. The van der Waals surface area contributed by atoms with Crippen molar-refractivity contribution in [2.75, 3.05) is 4.72 Å². The molecule has 0 aliphatic rings. The zero-order chi connectivity index (χ0) is 18.1. The highest BCUT2D eigenvalue weighted by molar-refractivity contribution is 7.92. The number of hydrogen-bond acceptors (Lipinski definition) is 3. The fourth-order valence-corrected chi connectivity index (χ4v) is 3.61. The van der Waals surface area contributed by atoms with Gasteiger partial charge < -0.3 is 4.74 Å². The molecule has 0 saturated heterocycles. The summed E-state index contributed by atoms with van der Waals surface area (Å²) < 4.78 is 68.3. The van der Waals surface area contributed by atoms with E-state index >= 15 is 0 Å². The molecule has 0 radical (unpaired) electrons. The van der Waals surface area contributed by atoms with Crippen LogP contribution >= 0.6 is 11.6 Å². The topological polar surface area (TPSA) is 55.4 Å². The van der Waals surface area contributed by atoms with Crippen molar-refractivity contribution < 1.29 is 26.3 Å². The fraction of sp³-hybridized carbons (Fsp3) is 0.200. The second-order valence-corrected chi connectivity index (χ2v) is 7.07. The standard InChI is InChI=1S/C15H13ClF3NO3S/c1-9-8-14(10(2)7-11(9)16)24(21,22)20-12-5-3-4-6-13(12)23-15(17,18)19/h3-8,20H,1-2H3. The minimum absolute atomic E-state index is 0.0776. The number of anilines is 1. The van der Waals surface area contributed by atoms with Crippen LogP contribution in [0.25, 0.3) is 0 Å². The summed E-state index contributed by atoms with van der Waals surface area (Å²) in [6, 6.07) is 7.72. The molecule has 0 unspecified atom stereocenters. The summed E-state index contributed by atoms with van der Waals surface area (Å²) in [4.78, 5) is -0.0776. The number of rotatable bonds is 4. The predicted octanol–water partition coefficient (Wildman–Crippen LogP) is 4.66. The molecule has 2 aromatic carbocycles. The summed E-state index contributed by atoms with van der Waals surface area (Å²) in [5.74, 6) is -0.642. The van der Waals surface area contributed by atoms with Gasteiger partial charge in [0, 0.05) is 5.02 Å². The highest BCUT2D eigenvalue weighted by atomic mass is 35.5. The van der Waals surface area contributed by atoms with Gasteiger partial charge in [0.25, 0.3) is 10.0 Å². The van der Waals surface area contributed by atoms with E-state index in [1.54, 1.807) is 6.92 Å². The van der Waals surface area contributed by atoms with Crippen molar-refractivity contribution in [3.63, 3.8) is 0 Å². The molecule has 0 bridgehead atoms. The minimum Gasteiger partial charge on any atom is -0.404 e. The van der Waals surface area contributed by atoms with Gasteiger partial charge in [-0.3, -0.25) is 4.72 Å². The third-order valence-electron chi connectivity index (χ3n) is 3.10. The molecule has 4 nitrogen and oxygen atoms in total. The van der Waals surface area contributed by atoms with Crippen molar-refractivity contribution in [2.24, 2.45) is 0 Å². The first-order valence-electron chi connectivity index (χ1n) is 6.64. The van der Waals surface area contributed by atoms with E-state index in [-0.39, 0.29) is 10.6 Å². The summed E-state index contributed by atoms with van der Waals surface area (Å²) in [6.07, 6.45) is -4.94. The van der Waals surface area contributed by atoms with Crippen LogP contribution in [0.1, 0.15) is 11.1 Å². The summed E-state index contributed by atoms with van der Waals surface area (Å²) in [5, 5.41) is 0.396. The van der Waals surface area contributed by atoms with Gasteiger partial charge >= 0.3 is 6.36 Å². The summed E-state index contributed by atoms with van der Waals surface area (Å²) >= 11 is 5.93. The normalized spacial score (nSPS) is 12.1. The van der Waals surface area contributed by atoms with Crippen LogP contribution < -0.4 is 9.46 Å². The third-order valence-corrected chi connectivity index (χ3v) is 5.02. The highest BCUT2D eigenvalue weighted by Crippen LogP contribution is 2.32. The molecule has 0 aliphatic heterocycles. The summed E-state index contributed by atoms with van der Waals surface area (Å²) in [5.41, 5.74) is 0.580.